The first-order chi connectivity index (χ1) is 8.13. The fraction of sp³-hybridized carbons (Fsp3) is 0.667. The van der Waals surface area contributed by atoms with E-state index in [0.29, 0.717) is 19.5 Å². The fourth-order valence-electron chi connectivity index (χ4n) is 1.85. The van der Waals surface area contributed by atoms with E-state index >= 15 is 0 Å². The molecule has 5 nitrogen and oxygen atoms in total. The quantitative estimate of drug-likeness (QED) is 0.476. The van der Waals surface area contributed by atoms with Crippen LogP contribution < -0.4 is 10.6 Å². The number of terminal acetylenes is 1. The van der Waals surface area contributed by atoms with Crippen molar-refractivity contribution >= 4 is 11.8 Å². The van der Waals surface area contributed by atoms with Crippen molar-refractivity contribution in [1.29, 1.82) is 0 Å². The molecule has 0 aromatic carbocycles. The Hall–Kier alpha value is -1.54. The van der Waals surface area contributed by atoms with Gasteiger partial charge in [-0.2, -0.15) is 0 Å². The number of nitrogens with one attached hydrogen (secondary N) is 2. The van der Waals surface area contributed by atoms with Crippen molar-refractivity contribution in [3.63, 3.8) is 0 Å². The average molecular weight is 237 g/mol. The second kappa shape index (κ2) is 6.92. The summed E-state index contributed by atoms with van der Waals surface area (Å²) in [4.78, 5) is 24.6. The molecule has 1 unspecified atom stereocenters. The smallest absolute Gasteiger partial charge is 0.234 e. The lowest BCUT2D eigenvalue weighted by Crippen LogP contribution is -2.45. The first-order valence-corrected chi connectivity index (χ1v) is 5.85. The number of hydrogen-bond acceptors (Lipinski definition) is 3. The predicted molar refractivity (Wildman–Crippen MR) is 65.1 cm³/mol. The van der Waals surface area contributed by atoms with Crippen LogP contribution in [0.2, 0.25) is 0 Å². The standard InChI is InChI=1S/C12H19N3O2/c1-3-6-13-8-11(16)14-10(2)9-15-7-4-5-12(15)17/h1,10,13H,4-9H2,2H3,(H,14,16). The van der Waals surface area contributed by atoms with Crippen LogP contribution in [0.1, 0.15) is 19.8 Å². The van der Waals surface area contributed by atoms with Gasteiger partial charge >= 0.3 is 0 Å². The number of carbonyl (C=O) groups is 2. The highest BCUT2D eigenvalue weighted by molar-refractivity contribution is 5.79. The van der Waals surface area contributed by atoms with Crippen molar-refractivity contribution in [3.05, 3.63) is 0 Å². The summed E-state index contributed by atoms with van der Waals surface area (Å²) in [5.41, 5.74) is 0. The molecule has 0 spiro atoms. The lowest BCUT2D eigenvalue weighted by Gasteiger charge is -2.21. The molecule has 1 saturated heterocycles. The van der Waals surface area contributed by atoms with Crippen LogP contribution in [0, 0.1) is 12.3 Å². The van der Waals surface area contributed by atoms with E-state index in [4.69, 9.17) is 6.42 Å². The Morgan fingerprint density at radius 2 is 2.41 bits per heavy atom. The zero-order valence-corrected chi connectivity index (χ0v) is 10.2. The van der Waals surface area contributed by atoms with Gasteiger partial charge in [-0.3, -0.25) is 14.9 Å². The summed E-state index contributed by atoms with van der Waals surface area (Å²) in [6, 6.07) is -0.0304. The third kappa shape index (κ3) is 4.87. The molecular formula is C12H19N3O2. The van der Waals surface area contributed by atoms with Gasteiger partial charge in [0.05, 0.1) is 13.1 Å². The molecule has 0 radical (unpaired) electrons. The molecule has 1 aliphatic heterocycles. The third-order valence-electron chi connectivity index (χ3n) is 2.59. The van der Waals surface area contributed by atoms with Crippen LogP contribution in [0.5, 0.6) is 0 Å². The van der Waals surface area contributed by atoms with E-state index in [1.807, 2.05) is 6.92 Å². The number of rotatable bonds is 6. The first-order valence-electron chi connectivity index (χ1n) is 5.85. The van der Waals surface area contributed by atoms with Crippen LogP contribution >= 0.6 is 0 Å². The monoisotopic (exact) mass is 237 g/mol. The molecule has 94 valence electrons. The van der Waals surface area contributed by atoms with E-state index in [1.54, 1.807) is 4.90 Å². The number of nitrogens with zero attached hydrogens (tertiary/aromatic N) is 1. The van der Waals surface area contributed by atoms with Gasteiger partial charge in [-0.15, -0.1) is 6.42 Å². The molecule has 0 aliphatic carbocycles. The van der Waals surface area contributed by atoms with E-state index < -0.39 is 0 Å². The number of amides is 2. The molecule has 1 heterocycles. The van der Waals surface area contributed by atoms with Crippen molar-refractivity contribution in [2.45, 2.75) is 25.8 Å². The van der Waals surface area contributed by atoms with Crippen molar-refractivity contribution < 1.29 is 9.59 Å². The van der Waals surface area contributed by atoms with Gasteiger partial charge in [0.25, 0.3) is 0 Å². The molecule has 0 bridgehead atoms. The number of carbonyl (C=O) groups excluding carboxylic acids is 2. The zero-order chi connectivity index (χ0) is 12.7. The largest absolute Gasteiger partial charge is 0.351 e. The SMILES string of the molecule is C#CCNCC(=O)NC(C)CN1CCCC1=O. The molecule has 2 N–H and O–H groups in total. The summed E-state index contributed by atoms with van der Waals surface area (Å²) in [7, 11) is 0. The van der Waals surface area contributed by atoms with E-state index in [-0.39, 0.29) is 24.4 Å². The minimum Gasteiger partial charge on any atom is -0.351 e. The van der Waals surface area contributed by atoms with E-state index in [1.165, 1.54) is 0 Å². The van der Waals surface area contributed by atoms with Crippen molar-refractivity contribution in [3.8, 4) is 12.3 Å². The summed E-state index contributed by atoms with van der Waals surface area (Å²) in [6.07, 6.45) is 6.60. The van der Waals surface area contributed by atoms with E-state index in [2.05, 4.69) is 16.6 Å². The lowest BCUT2D eigenvalue weighted by atomic mass is 10.3. The van der Waals surface area contributed by atoms with Crippen LogP contribution in [-0.2, 0) is 9.59 Å². The zero-order valence-electron chi connectivity index (χ0n) is 10.2. The van der Waals surface area contributed by atoms with Crippen LogP contribution in [-0.4, -0.2) is 48.9 Å². The second-order valence-electron chi connectivity index (χ2n) is 4.22. The summed E-state index contributed by atoms with van der Waals surface area (Å²) in [5.74, 6) is 2.48. The summed E-state index contributed by atoms with van der Waals surface area (Å²) in [5, 5.41) is 5.64. The van der Waals surface area contributed by atoms with Gasteiger partial charge < -0.3 is 10.2 Å². The summed E-state index contributed by atoms with van der Waals surface area (Å²) in [6.45, 7) is 3.87. The maximum absolute atomic E-state index is 11.4. The molecular weight excluding hydrogens is 218 g/mol. The topological polar surface area (TPSA) is 61.4 Å². The van der Waals surface area contributed by atoms with Crippen LogP contribution in [0.3, 0.4) is 0 Å². The van der Waals surface area contributed by atoms with Crippen LogP contribution in [0.4, 0.5) is 0 Å². The Morgan fingerprint density at radius 1 is 1.65 bits per heavy atom. The van der Waals surface area contributed by atoms with Gasteiger partial charge in [-0.1, -0.05) is 5.92 Å². The Labute approximate surface area is 102 Å². The molecule has 5 heteroatoms. The predicted octanol–water partition coefficient (Wildman–Crippen LogP) is -0.664. The maximum atomic E-state index is 11.4. The van der Waals surface area contributed by atoms with Crippen LogP contribution in [0.25, 0.3) is 0 Å². The molecule has 1 rings (SSSR count). The van der Waals surface area contributed by atoms with Crippen molar-refractivity contribution in [2.24, 2.45) is 0 Å². The molecule has 2 amide bonds. The van der Waals surface area contributed by atoms with E-state index in [9.17, 15) is 9.59 Å². The fourth-order valence-corrected chi connectivity index (χ4v) is 1.85. The minimum atomic E-state index is -0.0978. The molecule has 0 saturated carbocycles. The van der Waals surface area contributed by atoms with Gasteiger partial charge in [0.1, 0.15) is 0 Å². The first kappa shape index (κ1) is 13.5. The molecule has 1 fully saturated rings. The normalized spacial score (nSPS) is 16.7. The van der Waals surface area contributed by atoms with Gasteiger partial charge in [-0.25, -0.2) is 0 Å². The highest BCUT2D eigenvalue weighted by atomic mass is 16.2. The second-order valence-corrected chi connectivity index (χ2v) is 4.22. The average Bonchev–Trinajstić information content (AvgIpc) is 2.64. The molecule has 17 heavy (non-hydrogen) atoms. The maximum Gasteiger partial charge on any atom is 0.234 e. The summed E-state index contributed by atoms with van der Waals surface area (Å²) < 4.78 is 0. The summed E-state index contributed by atoms with van der Waals surface area (Å²) >= 11 is 0. The Kier molecular flexibility index (Phi) is 5.50. The van der Waals surface area contributed by atoms with Gasteiger partial charge in [0, 0.05) is 25.6 Å². The van der Waals surface area contributed by atoms with Crippen molar-refractivity contribution in [2.75, 3.05) is 26.2 Å². The van der Waals surface area contributed by atoms with Crippen LogP contribution in [0.15, 0.2) is 0 Å². The highest BCUT2D eigenvalue weighted by Crippen LogP contribution is 2.09. The highest BCUT2D eigenvalue weighted by Gasteiger charge is 2.22. The molecule has 1 atom stereocenters. The van der Waals surface area contributed by atoms with Gasteiger partial charge in [-0.05, 0) is 13.3 Å². The minimum absolute atomic E-state index is 0.0304. The Balaban J connectivity index is 2.20. The van der Waals surface area contributed by atoms with Gasteiger partial charge in [0.2, 0.25) is 11.8 Å². The molecule has 0 aromatic rings. The van der Waals surface area contributed by atoms with Gasteiger partial charge in [0.15, 0.2) is 0 Å². The number of likely N-dealkylation sites (tertiary alicyclic amines) is 1. The van der Waals surface area contributed by atoms with Crippen molar-refractivity contribution in [1.82, 2.24) is 15.5 Å². The Bertz CT molecular complexity index is 322. The Morgan fingerprint density at radius 3 is 3.00 bits per heavy atom. The lowest BCUT2D eigenvalue weighted by molar-refractivity contribution is -0.128. The van der Waals surface area contributed by atoms with E-state index in [0.717, 1.165) is 13.0 Å². The number of hydrogen-bond donors (Lipinski definition) is 2. The molecule has 1 aliphatic rings. The molecule has 0 aromatic heterocycles. The third-order valence-corrected chi connectivity index (χ3v) is 2.59.